The van der Waals surface area contributed by atoms with Gasteiger partial charge in [-0.2, -0.15) is 4.31 Å². The molecule has 0 saturated carbocycles. The topological polar surface area (TPSA) is 75.7 Å². The summed E-state index contributed by atoms with van der Waals surface area (Å²) in [6, 6.07) is 14.3. The Morgan fingerprint density at radius 3 is 2.50 bits per heavy atom. The number of anilines is 1. The highest BCUT2D eigenvalue weighted by atomic mass is 32.2. The smallest absolute Gasteiger partial charge is 0.243 e. The number of ether oxygens (including phenoxy) is 1. The summed E-state index contributed by atoms with van der Waals surface area (Å²) >= 11 is 0. The number of hydrogen-bond donors (Lipinski definition) is 1. The van der Waals surface area contributed by atoms with Crippen molar-refractivity contribution in [3.05, 3.63) is 54.1 Å². The van der Waals surface area contributed by atoms with Crippen molar-refractivity contribution in [2.75, 3.05) is 25.0 Å². The first kappa shape index (κ1) is 20.4. The van der Waals surface area contributed by atoms with E-state index in [1.54, 1.807) is 25.1 Å². The molecule has 3 rings (SSSR count). The zero-order valence-electron chi connectivity index (χ0n) is 16.1. The van der Waals surface area contributed by atoms with E-state index in [1.807, 2.05) is 30.3 Å². The van der Waals surface area contributed by atoms with Gasteiger partial charge in [-0.15, -0.1) is 0 Å². The van der Waals surface area contributed by atoms with Crippen molar-refractivity contribution in [3.63, 3.8) is 0 Å². The Morgan fingerprint density at radius 2 is 1.79 bits per heavy atom. The minimum Gasteiger partial charge on any atom is -0.493 e. The van der Waals surface area contributed by atoms with E-state index in [0.29, 0.717) is 30.1 Å². The standard InChI is InChI=1S/C21H26N2O4S/c1-17-10-11-18(16-20(17)28(25,26)23-13-6-3-7-14-23)22-21(24)12-15-27-19-8-4-2-5-9-19/h2,4-5,8-11,16H,3,6-7,12-15H2,1H3,(H,22,24). The van der Waals surface area contributed by atoms with Crippen molar-refractivity contribution >= 4 is 21.6 Å². The van der Waals surface area contributed by atoms with E-state index in [0.717, 1.165) is 19.3 Å². The molecule has 1 aliphatic rings. The van der Waals surface area contributed by atoms with Gasteiger partial charge >= 0.3 is 0 Å². The van der Waals surface area contributed by atoms with Gasteiger partial charge < -0.3 is 10.1 Å². The lowest BCUT2D eigenvalue weighted by Crippen LogP contribution is -2.36. The third-order valence-electron chi connectivity index (χ3n) is 4.75. The number of carbonyl (C=O) groups excluding carboxylic acids is 1. The number of nitrogens with one attached hydrogen (secondary N) is 1. The number of amides is 1. The largest absolute Gasteiger partial charge is 0.493 e. The van der Waals surface area contributed by atoms with E-state index in [9.17, 15) is 13.2 Å². The third-order valence-corrected chi connectivity index (χ3v) is 6.79. The molecule has 7 heteroatoms. The normalized spacial score (nSPS) is 15.2. The highest BCUT2D eigenvalue weighted by molar-refractivity contribution is 7.89. The van der Waals surface area contributed by atoms with E-state index >= 15 is 0 Å². The summed E-state index contributed by atoms with van der Waals surface area (Å²) in [5.41, 5.74) is 1.15. The number of carbonyl (C=O) groups is 1. The van der Waals surface area contributed by atoms with Crippen LogP contribution in [0, 0.1) is 6.92 Å². The number of aryl methyl sites for hydroxylation is 1. The van der Waals surface area contributed by atoms with Gasteiger partial charge in [-0.05, 0) is 49.6 Å². The van der Waals surface area contributed by atoms with Crippen LogP contribution in [-0.4, -0.2) is 38.3 Å². The van der Waals surface area contributed by atoms with E-state index in [4.69, 9.17) is 4.74 Å². The number of sulfonamides is 1. The first-order valence-electron chi connectivity index (χ1n) is 9.55. The first-order valence-corrected chi connectivity index (χ1v) is 11.0. The monoisotopic (exact) mass is 402 g/mol. The summed E-state index contributed by atoms with van der Waals surface area (Å²) in [4.78, 5) is 12.5. The molecule has 1 heterocycles. The third kappa shape index (κ3) is 5.11. The Kier molecular flexibility index (Phi) is 6.70. The zero-order valence-corrected chi connectivity index (χ0v) is 16.9. The predicted molar refractivity (Wildman–Crippen MR) is 109 cm³/mol. The fourth-order valence-corrected chi connectivity index (χ4v) is 4.97. The van der Waals surface area contributed by atoms with Gasteiger partial charge in [-0.3, -0.25) is 4.79 Å². The fraction of sp³-hybridized carbons (Fsp3) is 0.381. The summed E-state index contributed by atoms with van der Waals surface area (Å²) in [6.45, 7) is 3.13. The lowest BCUT2D eigenvalue weighted by atomic mass is 10.2. The van der Waals surface area contributed by atoms with Crippen LogP contribution < -0.4 is 10.1 Å². The fourth-order valence-electron chi connectivity index (χ4n) is 3.20. The van der Waals surface area contributed by atoms with E-state index in [1.165, 1.54) is 4.31 Å². The summed E-state index contributed by atoms with van der Waals surface area (Å²) < 4.78 is 33.0. The highest BCUT2D eigenvalue weighted by Crippen LogP contribution is 2.26. The SMILES string of the molecule is Cc1ccc(NC(=O)CCOc2ccccc2)cc1S(=O)(=O)N1CCCCC1. The van der Waals surface area contributed by atoms with Gasteiger partial charge in [0.05, 0.1) is 17.9 Å². The Morgan fingerprint density at radius 1 is 1.07 bits per heavy atom. The van der Waals surface area contributed by atoms with Crippen LogP contribution in [0.25, 0.3) is 0 Å². The molecule has 2 aromatic rings. The molecule has 0 atom stereocenters. The first-order chi connectivity index (χ1) is 13.5. The molecule has 1 amide bonds. The summed E-state index contributed by atoms with van der Waals surface area (Å²) in [5.74, 6) is 0.488. The molecule has 6 nitrogen and oxygen atoms in total. The molecule has 0 spiro atoms. The maximum atomic E-state index is 13.0. The Balaban J connectivity index is 1.63. The number of benzene rings is 2. The van der Waals surface area contributed by atoms with Crippen molar-refractivity contribution < 1.29 is 17.9 Å². The van der Waals surface area contributed by atoms with Gasteiger partial charge in [0, 0.05) is 18.8 Å². The molecule has 0 radical (unpaired) electrons. The van der Waals surface area contributed by atoms with Crippen molar-refractivity contribution in [3.8, 4) is 5.75 Å². The Bertz CT molecular complexity index is 907. The highest BCUT2D eigenvalue weighted by Gasteiger charge is 2.27. The molecule has 1 saturated heterocycles. The summed E-state index contributed by atoms with van der Waals surface area (Å²) in [5, 5.41) is 2.77. The van der Waals surface area contributed by atoms with Gasteiger partial charge in [0.25, 0.3) is 0 Å². The van der Waals surface area contributed by atoms with Gasteiger partial charge in [0.2, 0.25) is 15.9 Å². The molecule has 0 aromatic heterocycles. The predicted octanol–water partition coefficient (Wildman–Crippen LogP) is 3.58. The van der Waals surface area contributed by atoms with Crippen LogP contribution in [0.5, 0.6) is 5.75 Å². The van der Waals surface area contributed by atoms with Crippen LogP contribution in [0.3, 0.4) is 0 Å². The lowest BCUT2D eigenvalue weighted by Gasteiger charge is -2.26. The van der Waals surface area contributed by atoms with Crippen LogP contribution in [0.2, 0.25) is 0 Å². The van der Waals surface area contributed by atoms with Crippen LogP contribution in [0.15, 0.2) is 53.4 Å². The van der Waals surface area contributed by atoms with E-state index in [2.05, 4.69) is 5.32 Å². The zero-order chi connectivity index (χ0) is 20.0. The number of rotatable bonds is 7. The number of para-hydroxylation sites is 1. The van der Waals surface area contributed by atoms with Crippen molar-refractivity contribution in [1.29, 1.82) is 0 Å². The Hall–Kier alpha value is -2.38. The number of hydrogen-bond acceptors (Lipinski definition) is 4. The van der Waals surface area contributed by atoms with Gasteiger partial charge in [-0.25, -0.2) is 8.42 Å². The molecule has 2 aromatic carbocycles. The second-order valence-corrected chi connectivity index (χ2v) is 8.81. The van der Waals surface area contributed by atoms with E-state index in [-0.39, 0.29) is 23.8 Å². The summed E-state index contributed by atoms with van der Waals surface area (Å²) in [7, 11) is -3.55. The van der Waals surface area contributed by atoms with Crippen molar-refractivity contribution in [1.82, 2.24) is 4.31 Å². The van der Waals surface area contributed by atoms with Crippen molar-refractivity contribution in [2.45, 2.75) is 37.5 Å². The summed E-state index contributed by atoms with van der Waals surface area (Å²) in [6.07, 6.45) is 3.01. The minimum absolute atomic E-state index is 0.178. The van der Waals surface area contributed by atoms with Gasteiger partial charge in [-0.1, -0.05) is 30.7 Å². The van der Waals surface area contributed by atoms with Gasteiger partial charge in [0.15, 0.2) is 0 Å². The van der Waals surface area contributed by atoms with Crippen LogP contribution in [0.4, 0.5) is 5.69 Å². The average Bonchev–Trinajstić information content (AvgIpc) is 2.71. The molecule has 150 valence electrons. The van der Waals surface area contributed by atoms with Gasteiger partial charge in [0.1, 0.15) is 5.75 Å². The molecular weight excluding hydrogens is 376 g/mol. The molecule has 0 bridgehead atoms. The van der Waals surface area contributed by atoms with Crippen LogP contribution >= 0.6 is 0 Å². The van der Waals surface area contributed by atoms with Crippen LogP contribution in [-0.2, 0) is 14.8 Å². The van der Waals surface area contributed by atoms with Crippen molar-refractivity contribution in [2.24, 2.45) is 0 Å². The minimum atomic E-state index is -3.55. The Labute approximate surface area is 166 Å². The maximum absolute atomic E-state index is 13.0. The second-order valence-electron chi connectivity index (χ2n) is 6.90. The molecule has 28 heavy (non-hydrogen) atoms. The quantitative estimate of drug-likeness (QED) is 0.768. The average molecular weight is 403 g/mol. The molecule has 1 aliphatic heterocycles. The van der Waals surface area contributed by atoms with Crippen LogP contribution in [0.1, 0.15) is 31.2 Å². The molecular formula is C21H26N2O4S. The molecule has 1 fully saturated rings. The molecule has 0 unspecified atom stereocenters. The second kappa shape index (κ2) is 9.21. The maximum Gasteiger partial charge on any atom is 0.243 e. The lowest BCUT2D eigenvalue weighted by molar-refractivity contribution is -0.116. The number of nitrogens with zero attached hydrogens (tertiary/aromatic N) is 1. The molecule has 0 aliphatic carbocycles. The molecule has 1 N–H and O–H groups in total. The van der Waals surface area contributed by atoms with E-state index < -0.39 is 10.0 Å². The number of piperidine rings is 1.